The molecule has 5 heteroatoms. The van der Waals surface area contributed by atoms with Gasteiger partial charge in [-0.05, 0) is 69.0 Å². The van der Waals surface area contributed by atoms with Gasteiger partial charge in [0.2, 0.25) is 0 Å². The number of hydrogen-bond acceptors (Lipinski definition) is 4. The Kier molecular flexibility index (Phi) is 5.18. The number of rotatable bonds is 5. The second-order valence-corrected chi connectivity index (χ2v) is 7.61. The summed E-state index contributed by atoms with van der Waals surface area (Å²) in [6.45, 7) is 2.68. The van der Waals surface area contributed by atoms with Crippen LogP contribution in [0, 0.1) is 5.92 Å². The van der Waals surface area contributed by atoms with Crippen molar-refractivity contribution in [2.24, 2.45) is 5.92 Å². The third-order valence-electron chi connectivity index (χ3n) is 5.72. The molecular formula is C21H26N2O3. The molecule has 2 saturated heterocycles. The number of ether oxygens (including phenoxy) is 1. The summed E-state index contributed by atoms with van der Waals surface area (Å²) in [4.78, 5) is 17.8. The van der Waals surface area contributed by atoms with Crippen molar-refractivity contribution in [3.63, 3.8) is 0 Å². The molecule has 0 spiro atoms. The molecule has 2 aliphatic rings. The minimum atomic E-state index is -0.646. The van der Waals surface area contributed by atoms with Crippen LogP contribution >= 0.6 is 0 Å². The lowest BCUT2D eigenvalue weighted by molar-refractivity contribution is -0.143. The molecule has 5 nitrogen and oxygen atoms in total. The van der Waals surface area contributed by atoms with Gasteiger partial charge in [-0.15, -0.1) is 0 Å². The van der Waals surface area contributed by atoms with Gasteiger partial charge >= 0.3 is 5.97 Å². The fourth-order valence-corrected chi connectivity index (χ4v) is 4.23. The van der Waals surface area contributed by atoms with Crippen molar-refractivity contribution in [3.05, 3.63) is 42.1 Å². The van der Waals surface area contributed by atoms with E-state index in [2.05, 4.69) is 34.1 Å². The maximum Gasteiger partial charge on any atom is 0.306 e. The second kappa shape index (κ2) is 7.72. The molecular weight excluding hydrogens is 328 g/mol. The summed E-state index contributed by atoms with van der Waals surface area (Å²) >= 11 is 0. The lowest BCUT2D eigenvalue weighted by atomic mass is 9.97. The highest BCUT2D eigenvalue weighted by Gasteiger charge is 2.30. The lowest BCUT2D eigenvalue weighted by Gasteiger charge is -2.31. The van der Waals surface area contributed by atoms with Crippen LogP contribution in [0.3, 0.4) is 0 Å². The summed E-state index contributed by atoms with van der Waals surface area (Å²) in [6, 6.07) is 10.5. The smallest absolute Gasteiger partial charge is 0.306 e. The number of aromatic nitrogens is 1. The van der Waals surface area contributed by atoms with E-state index in [4.69, 9.17) is 9.84 Å². The molecule has 2 aliphatic heterocycles. The quantitative estimate of drug-likeness (QED) is 0.894. The van der Waals surface area contributed by atoms with Gasteiger partial charge in [-0.2, -0.15) is 0 Å². The standard InChI is InChI=1S/C21H26N2O3/c24-21(25)16-7-10-23(11-8-16)14-19-5-4-18(26-19)13-15-3-6-20-17(12-15)2-1-9-22-20/h1-3,6,9,12,16,18-19H,4-5,7-8,10-11,13-14H2,(H,24,25)/t18-,19+/m1/s1. The van der Waals surface area contributed by atoms with E-state index >= 15 is 0 Å². The average molecular weight is 354 g/mol. The number of benzene rings is 1. The van der Waals surface area contributed by atoms with E-state index in [1.165, 1.54) is 10.9 Å². The van der Waals surface area contributed by atoms with Crippen LogP contribution in [0.4, 0.5) is 0 Å². The van der Waals surface area contributed by atoms with Crippen LogP contribution in [0.15, 0.2) is 36.5 Å². The van der Waals surface area contributed by atoms with E-state index in [0.29, 0.717) is 0 Å². The van der Waals surface area contributed by atoms with Gasteiger partial charge in [-0.25, -0.2) is 0 Å². The fourth-order valence-electron chi connectivity index (χ4n) is 4.23. The molecule has 1 aromatic carbocycles. The Morgan fingerprint density at radius 1 is 1.15 bits per heavy atom. The van der Waals surface area contributed by atoms with Crippen LogP contribution < -0.4 is 0 Å². The number of pyridine rings is 1. The van der Waals surface area contributed by atoms with Crippen LogP contribution in [-0.4, -0.2) is 52.8 Å². The molecule has 1 N–H and O–H groups in total. The molecule has 3 heterocycles. The van der Waals surface area contributed by atoms with Crippen LogP contribution in [0.25, 0.3) is 10.9 Å². The zero-order valence-corrected chi connectivity index (χ0v) is 15.0. The van der Waals surface area contributed by atoms with E-state index in [9.17, 15) is 4.79 Å². The molecule has 4 rings (SSSR count). The van der Waals surface area contributed by atoms with Crippen molar-refractivity contribution in [2.45, 2.75) is 44.3 Å². The molecule has 0 saturated carbocycles. The van der Waals surface area contributed by atoms with Crippen molar-refractivity contribution in [1.82, 2.24) is 9.88 Å². The first-order valence-corrected chi connectivity index (χ1v) is 9.61. The van der Waals surface area contributed by atoms with Crippen molar-refractivity contribution in [3.8, 4) is 0 Å². The summed E-state index contributed by atoms with van der Waals surface area (Å²) in [7, 11) is 0. The second-order valence-electron chi connectivity index (χ2n) is 7.61. The molecule has 138 valence electrons. The SMILES string of the molecule is O=C(O)C1CCN(C[C@@H]2CC[C@H](Cc3ccc4ncccc4c3)O2)CC1. The highest BCUT2D eigenvalue weighted by molar-refractivity contribution is 5.78. The van der Waals surface area contributed by atoms with Gasteiger partial charge in [0.15, 0.2) is 0 Å². The van der Waals surface area contributed by atoms with Crippen molar-refractivity contribution in [1.29, 1.82) is 0 Å². The van der Waals surface area contributed by atoms with Gasteiger partial charge in [0, 0.05) is 18.1 Å². The fraction of sp³-hybridized carbons (Fsp3) is 0.524. The topological polar surface area (TPSA) is 62.7 Å². The molecule has 0 bridgehead atoms. The van der Waals surface area contributed by atoms with E-state index < -0.39 is 5.97 Å². The number of likely N-dealkylation sites (tertiary alicyclic amines) is 1. The van der Waals surface area contributed by atoms with Gasteiger partial charge in [-0.3, -0.25) is 9.78 Å². The number of nitrogens with zero attached hydrogens (tertiary/aromatic N) is 2. The van der Waals surface area contributed by atoms with Crippen LogP contribution in [0.1, 0.15) is 31.2 Å². The summed E-state index contributed by atoms with van der Waals surface area (Å²) in [5.41, 5.74) is 2.34. The number of piperidine rings is 1. The molecule has 0 radical (unpaired) electrons. The zero-order chi connectivity index (χ0) is 17.9. The van der Waals surface area contributed by atoms with Crippen LogP contribution in [0.5, 0.6) is 0 Å². The lowest BCUT2D eigenvalue weighted by Crippen LogP contribution is -2.40. The van der Waals surface area contributed by atoms with Gasteiger partial charge in [0.25, 0.3) is 0 Å². The number of aliphatic carboxylic acids is 1. The summed E-state index contributed by atoms with van der Waals surface area (Å²) in [5.74, 6) is -0.807. The Labute approximate surface area is 154 Å². The van der Waals surface area contributed by atoms with E-state index in [-0.39, 0.29) is 18.1 Å². The Balaban J connectivity index is 1.27. The van der Waals surface area contributed by atoms with Crippen molar-refractivity contribution < 1.29 is 14.6 Å². The number of carboxylic acid groups (broad SMARTS) is 1. The molecule has 0 aliphatic carbocycles. The highest BCUT2D eigenvalue weighted by atomic mass is 16.5. The zero-order valence-electron chi connectivity index (χ0n) is 15.0. The largest absolute Gasteiger partial charge is 0.481 e. The molecule has 2 fully saturated rings. The molecule has 2 aromatic rings. The maximum atomic E-state index is 11.1. The van der Waals surface area contributed by atoms with E-state index in [1.54, 1.807) is 0 Å². The predicted octanol–water partition coefficient (Wildman–Crippen LogP) is 3.12. The van der Waals surface area contributed by atoms with Gasteiger partial charge in [-0.1, -0.05) is 12.1 Å². The maximum absolute atomic E-state index is 11.1. The van der Waals surface area contributed by atoms with E-state index in [0.717, 1.165) is 57.3 Å². The Morgan fingerprint density at radius 2 is 1.96 bits per heavy atom. The van der Waals surface area contributed by atoms with Crippen LogP contribution in [-0.2, 0) is 16.0 Å². The molecule has 0 amide bonds. The minimum absolute atomic E-state index is 0.161. The number of fused-ring (bicyclic) bond motifs is 1. The van der Waals surface area contributed by atoms with Crippen molar-refractivity contribution in [2.75, 3.05) is 19.6 Å². The Bertz CT molecular complexity index is 771. The summed E-state index contributed by atoms with van der Waals surface area (Å²) in [5, 5.41) is 10.3. The molecule has 0 unspecified atom stereocenters. The first-order chi connectivity index (χ1) is 12.7. The van der Waals surface area contributed by atoms with Gasteiger partial charge in [0.05, 0.1) is 23.6 Å². The minimum Gasteiger partial charge on any atom is -0.481 e. The number of hydrogen-bond donors (Lipinski definition) is 1. The Morgan fingerprint density at radius 3 is 2.77 bits per heavy atom. The monoisotopic (exact) mass is 354 g/mol. The first-order valence-electron chi connectivity index (χ1n) is 9.61. The van der Waals surface area contributed by atoms with Gasteiger partial charge in [0.1, 0.15) is 0 Å². The number of carbonyl (C=O) groups is 1. The van der Waals surface area contributed by atoms with Crippen molar-refractivity contribution >= 4 is 16.9 Å². The predicted molar refractivity (Wildman–Crippen MR) is 100 cm³/mol. The first kappa shape index (κ1) is 17.4. The van der Waals surface area contributed by atoms with Crippen LogP contribution in [0.2, 0.25) is 0 Å². The molecule has 26 heavy (non-hydrogen) atoms. The normalized spacial score (nSPS) is 24.9. The third-order valence-corrected chi connectivity index (χ3v) is 5.72. The molecule has 2 atom stereocenters. The highest BCUT2D eigenvalue weighted by Crippen LogP contribution is 2.26. The van der Waals surface area contributed by atoms with E-state index in [1.807, 2.05) is 12.3 Å². The summed E-state index contributed by atoms with van der Waals surface area (Å²) < 4.78 is 6.28. The summed E-state index contributed by atoms with van der Waals surface area (Å²) in [6.07, 6.45) is 7.05. The Hall–Kier alpha value is -1.98. The van der Waals surface area contributed by atoms with Gasteiger partial charge < -0.3 is 14.7 Å². The molecule has 1 aromatic heterocycles. The third kappa shape index (κ3) is 4.05. The number of carboxylic acids is 1. The average Bonchev–Trinajstić information content (AvgIpc) is 3.09.